The number of methoxy groups -OCH3 is 2. The Morgan fingerprint density at radius 3 is 2.32 bits per heavy atom. The maximum absolute atomic E-state index is 12.5. The van der Waals surface area contributed by atoms with Crippen molar-refractivity contribution in [3.05, 3.63) is 75.8 Å². The van der Waals surface area contributed by atoms with Crippen molar-refractivity contribution < 1.29 is 28.5 Å². The smallest absolute Gasteiger partial charge is 0.271 e. The standard InChI is InChI=1S/C26H25Cl2N3O6/c1-4-36-21-10-5-17(13-22(21)34-2)26(33)31-29-14-16-11-20(28)25(23(12-16)35-3)37-15-24(32)30-19-8-6-18(27)7-9-19/h5-14H,4,15H2,1-3H3,(H,30,32)(H,31,33)/b29-14+. The van der Waals surface area contributed by atoms with Crippen LogP contribution >= 0.6 is 23.2 Å². The number of hydrogen-bond donors (Lipinski definition) is 2. The molecule has 0 aliphatic rings. The van der Waals surface area contributed by atoms with Gasteiger partial charge in [0.25, 0.3) is 11.8 Å². The summed E-state index contributed by atoms with van der Waals surface area (Å²) in [4.78, 5) is 24.7. The van der Waals surface area contributed by atoms with Gasteiger partial charge in [-0.1, -0.05) is 23.2 Å². The van der Waals surface area contributed by atoms with Crippen molar-refractivity contribution in [1.29, 1.82) is 0 Å². The Morgan fingerprint density at radius 2 is 1.65 bits per heavy atom. The number of ether oxygens (including phenoxy) is 4. The summed E-state index contributed by atoms with van der Waals surface area (Å²) in [7, 11) is 2.93. The highest BCUT2D eigenvalue weighted by Gasteiger charge is 2.14. The van der Waals surface area contributed by atoms with Gasteiger partial charge in [0.2, 0.25) is 0 Å². The van der Waals surface area contributed by atoms with E-state index in [2.05, 4.69) is 15.8 Å². The third-order valence-corrected chi connectivity index (χ3v) is 5.37. The summed E-state index contributed by atoms with van der Waals surface area (Å²) >= 11 is 12.2. The van der Waals surface area contributed by atoms with Crippen molar-refractivity contribution in [2.75, 3.05) is 32.8 Å². The van der Waals surface area contributed by atoms with Gasteiger partial charge in [0.15, 0.2) is 29.6 Å². The Kier molecular flexibility index (Phi) is 10.00. The molecule has 0 radical (unpaired) electrons. The normalized spacial score (nSPS) is 10.6. The second-order valence-corrected chi connectivity index (χ2v) is 8.22. The molecule has 0 aliphatic heterocycles. The van der Waals surface area contributed by atoms with E-state index in [1.165, 1.54) is 20.4 Å². The van der Waals surface area contributed by atoms with E-state index in [0.29, 0.717) is 39.9 Å². The van der Waals surface area contributed by atoms with Crippen LogP contribution < -0.4 is 29.7 Å². The summed E-state index contributed by atoms with van der Waals surface area (Å²) in [5, 5.41) is 7.43. The molecule has 0 bridgehead atoms. The number of hydrogen-bond acceptors (Lipinski definition) is 7. The van der Waals surface area contributed by atoms with E-state index in [4.69, 9.17) is 42.1 Å². The van der Waals surface area contributed by atoms with Crippen LogP contribution in [-0.4, -0.2) is 45.5 Å². The minimum Gasteiger partial charge on any atom is -0.493 e. The summed E-state index contributed by atoms with van der Waals surface area (Å²) in [6, 6.07) is 14.7. The lowest BCUT2D eigenvalue weighted by Gasteiger charge is -2.13. The van der Waals surface area contributed by atoms with Crippen molar-refractivity contribution in [2.24, 2.45) is 5.10 Å². The van der Waals surface area contributed by atoms with Crippen molar-refractivity contribution in [2.45, 2.75) is 6.92 Å². The van der Waals surface area contributed by atoms with Gasteiger partial charge >= 0.3 is 0 Å². The fourth-order valence-electron chi connectivity index (χ4n) is 3.14. The first kappa shape index (κ1) is 27.6. The molecule has 0 saturated heterocycles. The van der Waals surface area contributed by atoms with Crippen LogP contribution in [0.25, 0.3) is 0 Å². The molecule has 0 spiro atoms. The first-order valence-electron chi connectivity index (χ1n) is 11.0. The molecule has 3 aromatic carbocycles. The van der Waals surface area contributed by atoms with Gasteiger partial charge in [-0.3, -0.25) is 9.59 Å². The molecule has 0 unspecified atom stereocenters. The fraction of sp³-hybridized carbons (Fsp3) is 0.192. The highest BCUT2D eigenvalue weighted by Crippen LogP contribution is 2.36. The maximum Gasteiger partial charge on any atom is 0.271 e. The molecule has 0 aromatic heterocycles. The predicted molar refractivity (Wildman–Crippen MR) is 143 cm³/mol. The minimum atomic E-state index is -0.442. The Labute approximate surface area is 224 Å². The lowest BCUT2D eigenvalue weighted by atomic mass is 10.2. The molecule has 3 rings (SSSR count). The molecule has 0 saturated carbocycles. The van der Waals surface area contributed by atoms with Crippen LogP contribution in [0.1, 0.15) is 22.8 Å². The van der Waals surface area contributed by atoms with Crippen molar-refractivity contribution in [1.82, 2.24) is 5.43 Å². The molecule has 2 amide bonds. The average molecular weight is 546 g/mol. The van der Waals surface area contributed by atoms with Gasteiger partial charge in [-0.25, -0.2) is 5.43 Å². The molecule has 0 fully saturated rings. The molecule has 0 heterocycles. The van der Waals surface area contributed by atoms with Crippen LogP contribution in [-0.2, 0) is 4.79 Å². The molecule has 194 valence electrons. The molecule has 11 heteroatoms. The quantitative estimate of drug-likeness (QED) is 0.253. The van der Waals surface area contributed by atoms with E-state index in [9.17, 15) is 9.59 Å². The van der Waals surface area contributed by atoms with Crippen LogP contribution in [0.15, 0.2) is 59.7 Å². The first-order valence-corrected chi connectivity index (χ1v) is 11.8. The van der Waals surface area contributed by atoms with Crippen LogP contribution in [0.3, 0.4) is 0 Å². The highest BCUT2D eigenvalue weighted by molar-refractivity contribution is 6.32. The number of halogens is 2. The van der Waals surface area contributed by atoms with Crippen LogP contribution in [0.4, 0.5) is 5.69 Å². The lowest BCUT2D eigenvalue weighted by molar-refractivity contribution is -0.118. The summed E-state index contributed by atoms with van der Waals surface area (Å²) < 4.78 is 21.7. The van der Waals surface area contributed by atoms with Crippen molar-refractivity contribution in [3.8, 4) is 23.0 Å². The largest absolute Gasteiger partial charge is 0.493 e. The van der Waals surface area contributed by atoms with Gasteiger partial charge in [-0.2, -0.15) is 5.10 Å². The number of nitrogens with one attached hydrogen (secondary N) is 2. The summed E-state index contributed by atoms with van der Waals surface area (Å²) in [6.45, 7) is 2.03. The summed E-state index contributed by atoms with van der Waals surface area (Å²) in [5.41, 5.74) is 3.90. The van der Waals surface area contributed by atoms with E-state index in [0.717, 1.165) is 0 Å². The molecule has 9 nitrogen and oxygen atoms in total. The van der Waals surface area contributed by atoms with E-state index in [1.807, 2.05) is 6.92 Å². The van der Waals surface area contributed by atoms with Crippen LogP contribution in [0.2, 0.25) is 10.0 Å². The van der Waals surface area contributed by atoms with E-state index >= 15 is 0 Å². The molecule has 0 atom stereocenters. The Hall–Kier alpha value is -3.95. The molecule has 0 aliphatic carbocycles. The van der Waals surface area contributed by atoms with Gasteiger partial charge < -0.3 is 24.3 Å². The van der Waals surface area contributed by atoms with Crippen LogP contribution in [0, 0.1) is 0 Å². The molecular formula is C26H25Cl2N3O6. The number of nitrogens with zero attached hydrogens (tertiary/aromatic N) is 1. The number of rotatable bonds is 11. The maximum atomic E-state index is 12.5. The third kappa shape index (κ3) is 7.77. The topological polar surface area (TPSA) is 107 Å². The van der Waals surface area contributed by atoms with E-state index in [-0.39, 0.29) is 29.0 Å². The monoisotopic (exact) mass is 545 g/mol. The lowest BCUT2D eigenvalue weighted by Crippen LogP contribution is -2.20. The molecular weight excluding hydrogens is 521 g/mol. The number of hydrazone groups is 1. The van der Waals surface area contributed by atoms with Gasteiger partial charge in [0, 0.05) is 16.3 Å². The Bertz CT molecular complexity index is 1280. The SMILES string of the molecule is CCOc1ccc(C(=O)N/N=C/c2cc(Cl)c(OCC(=O)Nc3ccc(Cl)cc3)c(OC)c2)cc1OC. The zero-order valence-corrected chi connectivity index (χ0v) is 21.9. The third-order valence-electron chi connectivity index (χ3n) is 4.83. The molecule has 2 N–H and O–H groups in total. The number of benzene rings is 3. The van der Waals surface area contributed by atoms with Crippen molar-refractivity contribution in [3.63, 3.8) is 0 Å². The second-order valence-electron chi connectivity index (χ2n) is 7.38. The minimum absolute atomic E-state index is 0.193. The first-order chi connectivity index (χ1) is 17.8. The summed E-state index contributed by atoms with van der Waals surface area (Å²) in [6.07, 6.45) is 1.40. The Balaban J connectivity index is 1.63. The molecule has 3 aromatic rings. The van der Waals surface area contributed by atoms with E-state index < -0.39 is 5.91 Å². The number of amides is 2. The predicted octanol–water partition coefficient (Wildman–Crippen LogP) is 5.19. The van der Waals surface area contributed by atoms with Gasteiger partial charge in [-0.15, -0.1) is 0 Å². The highest BCUT2D eigenvalue weighted by atomic mass is 35.5. The Morgan fingerprint density at radius 1 is 0.919 bits per heavy atom. The van der Waals surface area contributed by atoms with Gasteiger partial charge in [0.1, 0.15) is 0 Å². The zero-order valence-electron chi connectivity index (χ0n) is 20.3. The number of anilines is 1. The van der Waals surface area contributed by atoms with Gasteiger partial charge in [-0.05, 0) is 67.1 Å². The summed E-state index contributed by atoms with van der Waals surface area (Å²) in [5.74, 6) is 0.625. The number of carbonyl (C=O) groups excluding carboxylic acids is 2. The van der Waals surface area contributed by atoms with Crippen LogP contribution in [0.5, 0.6) is 23.0 Å². The van der Waals surface area contributed by atoms with E-state index in [1.54, 1.807) is 54.6 Å². The number of carbonyl (C=O) groups is 2. The van der Waals surface area contributed by atoms with Gasteiger partial charge in [0.05, 0.1) is 32.1 Å². The molecule has 37 heavy (non-hydrogen) atoms. The van der Waals surface area contributed by atoms with Crippen molar-refractivity contribution >= 4 is 46.9 Å². The fourth-order valence-corrected chi connectivity index (χ4v) is 3.54. The second kappa shape index (κ2) is 13.4. The average Bonchev–Trinajstić information content (AvgIpc) is 2.89. The zero-order chi connectivity index (χ0) is 26.8.